The zero-order valence-electron chi connectivity index (χ0n) is 18.9. The van der Waals surface area contributed by atoms with Crippen molar-refractivity contribution < 1.29 is 24.2 Å². The normalized spacial score (nSPS) is 20.1. The van der Waals surface area contributed by atoms with Crippen molar-refractivity contribution in [3.8, 4) is 11.1 Å². The SMILES string of the molecule is CC(C)(C)OC(=O)N1C[C@H](CC(=O)OCC2c3ccccc3-c3ccccc32)C[C@H]1CO. The summed E-state index contributed by atoms with van der Waals surface area (Å²) >= 11 is 0. The molecule has 0 aromatic heterocycles. The van der Waals surface area contributed by atoms with Crippen molar-refractivity contribution in [1.29, 1.82) is 0 Å². The number of rotatable bonds is 5. The average molecular weight is 438 g/mol. The molecule has 32 heavy (non-hydrogen) atoms. The highest BCUT2D eigenvalue weighted by Crippen LogP contribution is 2.44. The first-order valence-corrected chi connectivity index (χ1v) is 11.2. The van der Waals surface area contributed by atoms with Gasteiger partial charge in [0.1, 0.15) is 12.2 Å². The van der Waals surface area contributed by atoms with Crippen LogP contribution in [0.25, 0.3) is 11.1 Å². The molecule has 0 unspecified atom stereocenters. The van der Waals surface area contributed by atoms with Crippen LogP contribution in [0.2, 0.25) is 0 Å². The number of hydrogen-bond acceptors (Lipinski definition) is 5. The third-order valence-electron chi connectivity index (χ3n) is 6.17. The Hall–Kier alpha value is -2.86. The Bertz CT molecular complexity index is 950. The van der Waals surface area contributed by atoms with Gasteiger partial charge in [0.25, 0.3) is 0 Å². The predicted octanol–water partition coefficient (Wildman–Crippen LogP) is 4.35. The van der Waals surface area contributed by atoms with Crippen molar-refractivity contribution in [3.05, 3.63) is 59.7 Å². The molecule has 170 valence electrons. The maximum atomic E-state index is 12.7. The van der Waals surface area contributed by atoms with Gasteiger partial charge < -0.3 is 19.5 Å². The van der Waals surface area contributed by atoms with Gasteiger partial charge in [0.2, 0.25) is 0 Å². The third-order valence-corrected chi connectivity index (χ3v) is 6.17. The molecule has 0 saturated carbocycles. The molecule has 1 aliphatic heterocycles. The Kier molecular flexibility index (Phi) is 6.24. The lowest BCUT2D eigenvalue weighted by atomic mass is 9.98. The van der Waals surface area contributed by atoms with E-state index in [1.165, 1.54) is 27.2 Å². The van der Waals surface area contributed by atoms with Crippen LogP contribution in [-0.4, -0.2) is 53.5 Å². The van der Waals surface area contributed by atoms with E-state index in [4.69, 9.17) is 9.47 Å². The minimum absolute atomic E-state index is 0.0263. The number of carbonyl (C=O) groups is 2. The van der Waals surface area contributed by atoms with Crippen LogP contribution >= 0.6 is 0 Å². The minimum Gasteiger partial charge on any atom is -0.465 e. The number of esters is 1. The number of fused-ring (bicyclic) bond motifs is 3. The number of nitrogens with zero attached hydrogens (tertiary/aromatic N) is 1. The Labute approximate surface area is 189 Å². The molecule has 1 amide bonds. The quantitative estimate of drug-likeness (QED) is 0.704. The summed E-state index contributed by atoms with van der Waals surface area (Å²) in [6.07, 6.45) is 0.317. The number of aliphatic hydroxyl groups is 1. The molecule has 4 rings (SSSR count). The summed E-state index contributed by atoms with van der Waals surface area (Å²) in [6.45, 7) is 5.94. The number of aliphatic hydroxyl groups excluding tert-OH is 1. The highest BCUT2D eigenvalue weighted by molar-refractivity contribution is 5.79. The van der Waals surface area contributed by atoms with Gasteiger partial charge in [-0.25, -0.2) is 4.79 Å². The van der Waals surface area contributed by atoms with E-state index < -0.39 is 11.7 Å². The van der Waals surface area contributed by atoms with Crippen molar-refractivity contribution in [2.45, 2.75) is 51.2 Å². The van der Waals surface area contributed by atoms with Crippen LogP contribution in [0.3, 0.4) is 0 Å². The molecule has 2 aromatic carbocycles. The van der Waals surface area contributed by atoms with Crippen LogP contribution in [0.5, 0.6) is 0 Å². The zero-order chi connectivity index (χ0) is 22.9. The maximum Gasteiger partial charge on any atom is 0.410 e. The monoisotopic (exact) mass is 437 g/mol. The van der Waals surface area contributed by atoms with Crippen LogP contribution in [0.4, 0.5) is 4.79 Å². The molecular formula is C26H31NO5. The summed E-state index contributed by atoms with van der Waals surface area (Å²) in [5, 5.41) is 9.70. The van der Waals surface area contributed by atoms with Crippen LogP contribution < -0.4 is 0 Å². The number of benzene rings is 2. The second kappa shape index (κ2) is 8.94. The van der Waals surface area contributed by atoms with E-state index >= 15 is 0 Å². The van der Waals surface area contributed by atoms with E-state index in [9.17, 15) is 14.7 Å². The fourth-order valence-electron chi connectivity index (χ4n) is 4.79. The second-order valence-corrected chi connectivity index (χ2v) is 9.69. The molecule has 6 nitrogen and oxygen atoms in total. The fraction of sp³-hybridized carbons (Fsp3) is 0.462. The highest BCUT2D eigenvalue weighted by Gasteiger charge is 2.38. The lowest BCUT2D eigenvalue weighted by Gasteiger charge is -2.27. The van der Waals surface area contributed by atoms with Gasteiger partial charge in [-0.1, -0.05) is 48.5 Å². The standard InChI is InChI=1S/C26H31NO5/c1-26(2,3)32-25(30)27-14-17(12-18(27)15-28)13-24(29)31-16-23-21-10-6-4-8-19(21)20-9-5-7-11-22(20)23/h4-11,17-18,23,28H,12-16H2,1-3H3/t17-,18-/m0/s1. The van der Waals surface area contributed by atoms with Gasteiger partial charge in [-0.05, 0) is 55.4 Å². The Morgan fingerprint density at radius 3 is 2.19 bits per heavy atom. The number of likely N-dealkylation sites (tertiary alicyclic amines) is 1. The van der Waals surface area contributed by atoms with Crippen LogP contribution in [0.1, 0.15) is 50.7 Å². The lowest BCUT2D eigenvalue weighted by Crippen LogP contribution is -2.41. The minimum atomic E-state index is -0.609. The van der Waals surface area contributed by atoms with Gasteiger partial charge in [0, 0.05) is 12.5 Å². The first-order valence-electron chi connectivity index (χ1n) is 11.2. The van der Waals surface area contributed by atoms with Gasteiger partial charge >= 0.3 is 12.1 Å². The fourth-order valence-corrected chi connectivity index (χ4v) is 4.79. The lowest BCUT2D eigenvalue weighted by molar-refractivity contribution is -0.145. The van der Waals surface area contributed by atoms with E-state index in [0.29, 0.717) is 19.6 Å². The van der Waals surface area contributed by atoms with Crippen LogP contribution in [0, 0.1) is 5.92 Å². The Morgan fingerprint density at radius 2 is 1.62 bits per heavy atom. The van der Waals surface area contributed by atoms with Crippen molar-refractivity contribution in [1.82, 2.24) is 4.90 Å². The second-order valence-electron chi connectivity index (χ2n) is 9.69. The van der Waals surface area contributed by atoms with Gasteiger partial charge in [-0.15, -0.1) is 0 Å². The van der Waals surface area contributed by atoms with E-state index in [1.807, 2.05) is 45.0 Å². The Morgan fingerprint density at radius 1 is 1.03 bits per heavy atom. The summed E-state index contributed by atoms with van der Waals surface area (Å²) in [4.78, 5) is 26.7. The molecule has 1 saturated heterocycles. The largest absolute Gasteiger partial charge is 0.465 e. The number of amides is 1. The van der Waals surface area contributed by atoms with Crippen LogP contribution in [0.15, 0.2) is 48.5 Å². The molecule has 1 N–H and O–H groups in total. The topological polar surface area (TPSA) is 76.1 Å². The number of ether oxygens (including phenoxy) is 2. The first kappa shape index (κ1) is 22.3. The van der Waals surface area contributed by atoms with Crippen LogP contribution in [-0.2, 0) is 14.3 Å². The van der Waals surface area contributed by atoms with Crippen molar-refractivity contribution in [2.24, 2.45) is 5.92 Å². The molecule has 2 aromatic rings. The summed E-state index contributed by atoms with van der Waals surface area (Å²) < 4.78 is 11.2. The molecule has 1 aliphatic carbocycles. The van der Waals surface area contributed by atoms with E-state index in [1.54, 1.807) is 0 Å². The highest BCUT2D eigenvalue weighted by atomic mass is 16.6. The molecule has 1 heterocycles. The molecule has 2 aliphatic rings. The van der Waals surface area contributed by atoms with Gasteiger partial charge in [-0.3, -0.25) is 4.79 Å². The third kappa shape index (κ3) is 4.65. The maximum absolute atomic E-state index is 12.7. The molecule has 0 bridgehead atoms. The zero-order valence-corrected chi connectivity index (χ0v) is 18.9. The van der Waals surface area contributed by atoms with Crippen molar-refractivity contribution in [3.63, 3.8) is 0 Å². The smallest absolute Gasteiger partial charge is 0.410 e. The van der Waals surface area contributed by atoms with E-state index in [0.717, 1.165) is 0 Å². The molecular weight excluding hydrogens is 406 g/mol. The summed E-state index contributed by atoms with van der Waals surface area (Å²) in [7, 11) is 0. The van der Waals surface area contributed by atoms with E-state index in [2.05, 4.69) is 24.3 Å². The molecule has 0 spiro atoms. The van der Waals surface area contributed by atoms with Gasteiger partial charge in [0.15, 0.2) is 0 Å². The molecule has 1 fully saturated rings. The molecule has 2 atom stereocenters. The predicted molar refractivity (Wildman–Crippen MR) is 121 cm³/mol. The number of hydrogen-bond donors (Lipinski definition) is 1. The van der Waals surface area contributed by atoms with Crippen molar-refractivity contribution >= 4 is 12.1 Å². The van der Waals surface area contributed by atoms with Crippen molar-refractivity contribution in [2.75, 3.05) is 19.8 Å². The summed E-state index contributed by atoms with van der Waals surface area (Å²) in [5.41, 5.74) is 4.14. The van der Waals surface area contributed by atoms with E-state index in [-0.39, 0.29) is 36.9 Å². The van der Waals surface area contributed by atoms with Gasteiger partial charge in [0.05, 0.1) is 19.1 Å². The Balaban J connectivity index is 1.36. The molecule has 6 heteroatoms. The summed E-state index contributed by atoms with van der Waals surface area (Å²) in [5.74, 6) is -0.312. The average Bonchev–Trinajstić information content (AvgIpc) is 3.30. The van der Waals surface area contributed by atoms with Gasteiger partial charge in [-0.2, -0.15) is 0 Å². The summed E-state index contributed by atoms with van der Waals surface area (Å²) in [6, 6.07) is 16.1. The first-order chi connectivity index (χ1) is 15.3. The molecule has 0 radical (unpaired) electrons. The number of carbonyl (C=O) groups excluding carboxylic acids is 2.